The highest BCUT2D eigenvalue weighted by Crippen LogP contribution is 2.33. The van der Waals surface area contributed by atoms with Gasteiger partial charge in [0.1, 0.15) is 5.76 Å². The summed E-state index contributed by atoms with van der Waals surface area (Å²) in [6, 6.07) is 10.7. The molecule has 1 saturated carbocycles. The van der Waals surface area contributed by atoms with Gasteiger partial charge in [0.25, 0.3) is 5.91 Å². The third kappa shape index (κ3) is 4.66. The van der Waals surface area contributed by atoms with Gasteiger partial charge in [-0.1, -0.05) is 37.5 Å². The monoisotopic (exact) mass is 449 g/mol. The fraction of sp³-hybridized carbons (Fsp3) is 0.556. The van der Waals surface area contributed by atoms with Gasteiger partial charge < -0.3 is 19.5 Å². The van der Waals surface area contributed by atoms with Crippen molar-refractivity contribution in [2.45, 2.75) is 76.9 Å². The predicted molar refractivity (Wildman–Crippen MR) is 128 cm³/mol. The van der Waals surface area contributed by atoms with E-state index >= 15 is 0 Å². The molecule has 3 heterocycles. The van der Waals surface area contributed by atoms with Gasteiger partial charge in [-0.25, -0.2) is 0 Å². The molecule has 6 heteroatoms. The number of likely N-dealkylation sites (tertiary alicyclic amines) is 1. The molecular formula is C27H35N3O3. The van der Waals surface area contributed by atoms with Gasteiger partial charge >= 0.3 is 0 Å². The Morgan fingerprint density at radius 1 is 1.03 bits per heavy atom. The smallest absolute Gasteiger partial charge is 0.255 e. The number of hydrogen-bond donors (Lipinski definition) is 1. The second kappa shape index (κ2) is 9.62. The first kappa shape index (κ1) is 22.1. The molecule has 1 N–H and O–H groups in total. The van der Waals surface area contributed by atoms with Crippen LogP contribution in [0.3, 0.4) is 0 Å². The molecule has 2 aliphatic heterocycles. The molecule has 33 heavy (non-hydrogen) atoms. The van der Waals surface area contributed by atoms with Crippen molar-refractivity contribution >= 4 is 17.5 Å². The number of fused-ring (bicyclic) bond motifs is 1. The maximum atomic E-state index is 13.1. The average Bonchev–Trinajstić information content (AvgIpc) is 3.44. The Morgan fingerprint density at radius 3 is 2.58 bits per heavy atom. The minimum absolute atomic E-state index is 0.0732. The fourth-order valence-electron chi connectivity index (χ4n) is 5.81. The van der Waals surface area contributed by atoms with Crippen LogP contribution in [0.2, 0.25) is 0 Å². The Morgan fingerprint density at radius 2 is 1.79 bits per heavy atom. The van der Waals surface area contributed by atoms with E-state index in [-0.39, 0.29) is 17.9 Å². The summed E-state index contributed by atoms with van der Waals surface area (Å²) >= 11 is 0. The highest BCUT2D eigenvalue weighted by molar-refractivity contribution is 5.95. The lowest BCUT2D eigenvalue weighted by Gasteiger charge is -2.35. The predicted octanol–water partition coefficient (Wildman–Crippen LogP) is 4.53. The zero-order chi connectivity index (χ0) is 22.8. The molecule has 1 saturated heterocycles. The minimum atomic E-state index is -0.0732. The zero-order valence-corrected chi connectivity index (χ0v) is 19.6. The lowest BCUT2D eigenvalue weighted by molar-refractivity contribution is -0.137. The zero-order valence-electron chi connectivity index (χ0n) is 19.6. The standard InChI is InChI=1S/C27H35N3O3/c1-19-17-21-9-5-6-10-24(21)30(19)18-25-23(13-16-33-25)26(31)28-22-11-14-29(15-12-22)27(32)20-7-3-2-4-8-20/h5-6,9-10,13,16,19-20,22H,2-4,7-8,11-12,14-15,17-18H2,1H3,(H,28,31). The van der Waals surface area contributed by atoms with Crippen LogP contribution in [0.25, 0.3) is 0 Å². The van der Waals surface area contributed by atoms with Gasteiger partial charge in [-0.3, -0.25) is 9.59 Å². The molecule has 0 bridgehead atoms. The van der Waals surface area contributed by atoms with Gasteiger partial charge in [-0.05, 0) is 56.7 Å². The topological polar surface area (TPSA) is 65.8 Å². The summed E-state index contributed by atoms with van der Waals surface area (Å²) < 4.78 is 5.76. The van der Waals surface area contributed by atoms with Crippen LogP contribution >= 0.6 is 0 Å². The number of hydrogen-bond acceptors (Lipinski definition) is 4. The van der Waals surface area contributed by atoms with Gasteiger partial charge in [0.05, 0.1) is 18.4 Å². The Balaban J connectivity index is 1.17. The molecule has 0 spiro atoms. The number of anilines is 1. The lowest BCUT2D eigenvalue weighted by Crippen LogP contribution is -2.48. The molecule has 1 unspecified atom stereocenters. The fourth-order valence-corrected chi connectivity index (χ4v) is 5.81. The molecule has 3 aliphatic rings. The summed E-state index contributed by atoms with van der Waals surface area (Å²) in [4.78, 5) is 30.2. The van der Waals surface area contributed by atoms with E-state index in [1.54, 1.807) is 12.3 Å². The Bertz CT molecular complexity index is 986. The van der Waals surface area contributed by atoms with Crippen LogP contribution in [-0.4, -0.2) is 41.9 Å². The summed E-state index contributed by atoms with van der Waals surface area (Å²) in [5.74, 6) is 1.19. The molecular weight excluding hydrogens is 414 g/mol. The van der Waals surface area contributed by atoms with Crippen molar-refractivity contribution in [2.75, 3.05) is 18.0 Å². The molecule has 6 nitrogen and oxygen atoms in total. The normalized spacial score (nSPS) is 21.8. The number of nitrogens with zero attached hydrogens (tertiary/aromatic N) is 2. The van der Waals surface area contributed by atoms with Crippen LogP contribution in [-0.2, 0) is 17.8 Å². The highest BCUT2D eigenvalue weighted by atomic mass is 16.3. The van der Waals surface area contributed by atoms with Crippen molar-refractivity contribution in [3.05, 3.63) is 53.5 Å². The summed E-state index contributed by atoms with van der Waals surface area (Å²) in [5, 5.41) is 3.20. The summed E-state index contributed by atoms with van der Waals surface area (Å²) in [6.07, 6.45) is 9.95. The van der Waals surface area contributed by atoms with E-state index in [0.717, 1.165) is 45.2 Å². The molecule has 176 valence electrons. The molecule has 0 radical (unpaired) electrons. The Hall–Kier alpha value is -2.76. The first-order chi connectivity index (χ1) is 16.1. The van der Waals surface area contributed by atoms with Crippen LogP contribution in [0.4, 0.5) is 5.69 Å². The number of benzene rings is 1. The number of carbonyl (C=O) groups excluding carboxylic acids is 2. The van der Waals surface area contributed by atoms with Gasteiger partial charge in [0.15, 0.2) is 0 Å². The highest BCUT2D eigenvalue weighted by Gasteiger charge is 2.31. The van der Waals surface area contributed by atoms with Crippen molar-refractivity contribution in [1.29, 1.82) is 0 Å². The van der Waals surface area contributed by atoms with Crippen LogP contribution in [0.5, 0.6) is 0 Å². The van der Waals surface area contributed by atoms with Crippen LogP contribution < -0.4 is 10.2 Å². The van der Waals surface area contributed by atoms with Gasteiger partial charge in [-0.15, -0.1) is 0 Å². The van der Waals surface area contributed by atoms with Crippen LogP contribution in [0, 0.1) is 5.92 Å². The Labute approximate surface area is 196 Å². The van der Waals surface area contributed by atoms with Crippen molar-refractivity contribution in [1.82, 2.24) is 10.2 Å². The molecule has 2 amide bonds. The third-order valence-electron chi connectivity index (χ3n) is 7.75. The second-order valence-corrected chi connectivity index (χ2v) is 9.98. The second-order valence-electron chi connectivity index (χ2n) is 9.98. The number of carbonyl (C=O) groups is 2. The number of piperidine rings is 1. The van der Waals surface area contributed by atoms with Crippen molar-refractivity contribution in [3.63, 3.8) is 0 Å². The van der Waals surface area contributed by atoms with Gasteiger partial charge in [0.2, 0.25) is 5.91 Å². The molecule has 1 atom stereocenters. The molecule has 1 aromatic carbocycles. The van der Waals surface area contributed by atoms with E-state index in [1.807, 2.05) is 4.90 Å². The average molecular weight is 450 g/mol. The number of para-hydroxylation sites is 1. The lowest BCUT2D eigenvalue weighted by atomic mass is 9.87. The quantitative estimate of drug-likeness (QED) is 0.728. The van der Waals surface area contributed by atoms with E-state index in [9.17, 15) is 9.59 Å². The van der Waals surface area contributed by atoms with E-state index in [4.69, 9.17) is 4.42 Å². The van der Waals surface area contributed by atoms with E-state index in [0.29, 0.717) is 29.8 Å². The van der Waals surface area contributed by atoms with Gasteiger partial charge in [0, 0.05) is 36.8 Å². The van der Waals surface area contributed by atoms with Gasteiger partial charge in [-0.2, -0.15) is 0 Å². The van der Waals surface area contributed by atoms with Crippen LogP contribution in [0.15, 0.2) is 41.0 Å². The maximum Gasteiger partial charge on any atom is 0.255 e. The number of amides is 2. The molecule has 2 fully saturated rings. The maximum absolute atomic E-state index is 13.1. The molecule has 2 aromatic rings. The summed E-state index contributed by atoms with van der Waals surface area (Å²) in [7, 11) is 0. The Kier molecular flexibility index (Phi) is 6.43. The van der Waals surface area contributed by atoms with Crippen LogP contribution in [0.1, 0.15) is 73.6 Å². The minimum Gasteiger partial charge on any atom is -0.467 e. The molecule has 1 aromatic heterocycles. The molecule has 1 aliphatic carbocycles. The van der Waals surface area contributed by atoms with E-state index in [2.05, 4.69) is 41.4 Å². The molecule has 5 rings (SSSR count). The first-order valence-electron chi connectivity index (χ1n) is 12.6. The van der Waals surface area contributed by atoms with Crippen molar-refractivity contribution in [3.8, 4) is 0 Å². The SMILES string of the molecule is CC1Cc2ccccc2N1Cc1occc1C(=O)NC1CCN(C(=O)C2CCCCC2)CC1. The number of rotatable bonds is 5. The number of furan rings is 1. The first-order valence-corrected chi connectivity index (χ1v) is 12.6. The summed E-state index contributed by atoms with van der Waals surface area (Å²) in [5.41, 5.74) is 3.19. The number of nitrogens with one attached hydrogen (secondary N) is 1. The van der Waals surface area contributed by atoms with E-state index in [1.165, 1.54) is 30.5 Å². The van der Waals surface area contributed by atoms with E-state index < -0.39 is 0 Å². The van der Waals surface area contributed by atoms with Crippen molar-refractivity contribution in [2.24, 2.45) is 5.92 Å². The summed E-state index contributed by atoms with van der Waals surface area (Å²) in [6.45, 7) is 4.27. The third-order valence-corrected chi connectivity index (χ3v) is 7.75. The largest absolute Gasteiger partial charge is 0.467 e. The van der Waals surface area contributed by atoms with Crippen molar-refractivity contribution < 1.29 is 14.0 Å².